The van der Waals surface area contributed by atoms with Crippen LogP contribution in [0.5, 0.6) is 0 Å². The summed E-state index contributed by atoms with van der Waals surface area (Å²) in [5, 5.41) is 3.70. The summed E-state index contributed by atoms with van der Waals surface area (Å²) >= 11 is 0. The van der Waals surface area contributed by atoms with E-state index in [1.165, 1.54) is 31.9 Å². The van der Waals surface area contributed by atoms with Crippen LogP contribution in [0.15, 0.2) is 24.3 Å². The van der Waals surface area contributed by atoms with E-state index < -0.39 is 0 Å². The molecule has 0 heterocycles. The summed E-state index contributed by atoms with van der Waals surface area (Å²) < 4.78 is 4.78. The fraction of sp³-hybridized carbons (Fsp3) is 0.611. The quantitative estimate of drug-likeness (QED) is 0.845. The third-order valence-electron chi connectivity index (χ3n) is 4.94. The van der Waals surface area contributed by atoms with E-state index in [-0.39, 0.29) is 5.97 Å². The molecule has 0 spiro atoms. The fourth-order valence-corrected chi connectivity index (χ4v) is 3.24. The molecule has 1 aromatic carbocycles. The highest BCUT2D eigenvalue weighted by Gasteiger charge is 2.26. The molecule has 0 saturated heterocycles. The Morgan fingerprint density at radius 1 is 1.24 bits per heavy atom. The predicted molar refractivity (Wildman–Crippen MR) is 85.0 cm³/mol. The van der Waals surface area contributed by atoms with Gasteiger partial charge in [-0.2, -0.15) is 0 Å². The van der Waals surface area contributed by atoms with E-state index in [2.05, 4.69) is 25.2 Å². The molecule has 1 fully saturated rings. The number of methoxy groups -OCH3 is 1. The van der Waals surface area contributed by atoms with Crippen molar-refractivity contribution < 1.29 is 9.53 Å². The molecule has 3 nitrogen and oxygen atoms in total. The molecule has 21 heavy (non-hydrogen) atoms. The molecule has 1 aliphatic carbocycles. The van der Waals surface area contributed by atoms with Crippen LogP contribution >= 0.6 is 0 Å². The first-order chi connectivity index (χ1) is 10.1. The van der Waals surface area contributed by atoms with E-state index >= 15 is 0 Å². The Morgan fingerprint density at radius 2 is 1.95 bits per heavy atom. The van der Waals surface area contributed by atoms with Crippen molar-refractivity contribution in [1.82, 2.24) is 5.32 Å². The van der Waals surface area contributed by atoms with Gasteiger partial charge in [-0.1, -0.05) is 51.0 Å². The van der Waals surface area contributed by atoms with Crippen LogP contribution in [0.3, 0.4) is 0 Å². The molecule has 0 radical (unpaired) electrons. The van der Waals surface area contributed by atoms with Crippen LogP contribution in [0.25, 0.3) is 0 Å². The second-order valence-electron chi connectivity index (χ2n) is 6.28. The van der Waals surface area contributed by atoms with Crippen molar-refractivity contribution >= 4 is 5.97 Å². The summed E-state index contributed by atoms with van der Waals surface area (Å²) in [4.78, 5) is 11.5. The monoisotopic (exact) mass is 289 g/mol. The third kappa shape index (κ3) is 4.31. The zero-order valence-electron chi connectivity index (χ0n) is 13.4. The van der Waals surface area contributed by atoms with Gasteiger partial charge in [-0.15, -0.1) is 0 Å². The number of benzene rings is 1. The lowest BCUT2D eigenvalue weighted by atomic mass is 9.78. The first kappa shape index (κ1) is 16.0. The molecule has 3 atom stereocenters. The first-order valence-electron chi connectivity index (χ1n) is 7.98. The molecular formula is C18H27NO2. The standard InChI is InChI=1S/C18H27NO2/c1-13-7-6-10-17(14(13)2)19-12-16-9-5-4-8-15(16)11-18(20)21-3/h4-5,8-9,13-14,17,19H,6-7,10-12H2,1-3H3. The van der Waals surface area contributed by atoms with E-state index in [1.54, 1.807) is 0 Å². The molecular weight excluding hydrogens is 262 g/mol. The van der Waals surface area contributed by atoms with Gasteiger partial charge in [-0.25, -0.2) is 0 Å². The zero-order chi connectivity index (χ0) is 15.2. The number of carbonyl (C=O) groups is 1. The van der Waals surface area contributed by atoms with Gasteiger partial charge in [0, 0.05) is 12.6 Å². The van der Waals surface area contributed by atoms with Crippen LogP contribution in [0.1, 0.15) is 44.2 Å². The molecule has 1 saturated carbocycles. The summed E-state index contributed by atoms with van der Waals surface area (Å²) in [6, 6.07) is 8.71. The Labute approximate surface area is 128 Å². The molecule has 3 unspecified atom stereocenters. The third-order valence-corrected chi connectivity index (χ3v) is 4.94. The Hall–Kier alpha value is -1.35. The number of carbonyl (C=O) groups excluding carboxylic acids is 1. The lowest BCUT2D eigenvalue weighted by Crippen LogP contribution is -2.40. The second kappa shape index (κ2) is 7.60. The second-order valence-corrected chi connectivity index (χ2v) is 6.28. The fourth-order valence-electron chi connectivity index (χ4n) is 3.24. The minimum Gasteiger partial charge on any atom is -0.469 e. The normalized spacial score (nSPS) is 25.6. The smallest absolute Gasteiger partial charge is 0.309 e. The molecule has 0 aromatic heterocycles. The maximum absolute atomic E-state index is 11.5. The largest absolute Gasteiger partial charge is 0.469 e. The van der Waals surface area contributed by atoms with E-state index in [0.717, 1.165) is 18.0 Å². The SMILES string of the molecule is COC(=O)Cc1ccccc1CNC1CCCC(C)C1C. The Balaban J connectivity index is 1.98. The predicted octanol–water partition coefficient (Wildman–Crippen LogP) is 3.32. The Morgan fingerprint density at radius 3 is 2.67 bits per heavy atom. The van der Waals surface area contributed by atoms with Crippen molar-refractivity contribution in [2.75, 3.05) is 7.11 Å². The maximum atomic E-state index is 11.5. The van der Waals surface area contributed by atoms with E-state index in [1.807, 2.05) is 18.2 Å². The number of esters is 1. The lowest BCUT2D eigenvalue weighted by molar-refractivity contribution is -0.139. The number of rotatable bonds is 5. The van der Waals surface area contributed by atoms with Gasteiger partial charge < -0.3 is 10.1 Å². The summed E-state index contributed by atoms with van der Waals surface area (Å²) in [6.45, 7) is 5.53. The van der Waals surface area contributed by atoms with Crippen LogP contribution in [-0.2, 0) is 22.5 Å². The minimum absolute atomic E-state index is 0.179. The Kier molecular flexibility index (Phi) is 5.80. The summed E-state index contributed by atoms with van der Waals surface area (Å²) in [6.07, 6.45) is 4.26. The van der Waals surface area contributed by atoms with Crippen LogP contribution < -0.4 is 5.32 Å². The number of ether oxygens (including phenoxy) is 1. The van der Waals surface area contributed by atoms with Gasteiger partial charge in [0.25, 0.3) is 0 Å². The summed E-state index contributed by atoms with van der Waals surface area (Å²) in [5.74, 6) is 1.33. The number of nitrogens with one attached hydrogen (secondary N) is 1. The van der Waals surface area contributed by atoms with Crippen LogP contribution in [0, 0.1) is 11.8 Å². The molecule has 2 rings (SSSR count). The molecule has 116 valence electrons. The van der Waals surface area contributed by atoms with Crippen molar-refractivity contribution in [3.63, 3.8) is 0 Å². The van der Waals surface area contributed by atoms with Crippen LogP contribution in [0.4, 0.5) is 0 Å². The van der Waals surface area contributed by atoms with Gasteiger partial charge in [-0.05, 0) is 29.4 Å². The highest BCUT2D eigenvalue weighted by atomic mass is 16.5. The average Bonchev–Trinajstić information content (AvgIpc) is 2.50. The van der Waals surface area contributed by atoms with Crippen molar-refractivity contribution in [3.8, 4) is 0 Å². The Bertz CT molecular complexity index is 472. The van der Waals surface area contributed by atoms with Gasteiger partial charge in [0.05, 0.1) is 13.5 Å². The highest BCUT2D eigenvalue weighted by molar-refractivity contribution is 5.72. The summed E-state index contributed by atoms with van der Waals surface area (Å²) in [5.41, 5.74) is 2.27. The van der Waals surface area contributed by atoms with Crippen molar-refractivity contribution in [3.05, 3.63) is 35.4 Å². The number of hydrogen-bond donors (Lipinski definition) is 1. The molecule has 1 aliphatic rings. The van der Waals surface area contributed by atoms with Gasteiger partial charge >= 0.3 is 5.97 Å². The van der Waals surface area contributed by atoms with Crippen molar-refractivity contribution in [2.24, 2.45) is 11.8 Å². The van der Waals surface area contributed by atoms with E-state index in [4.69, 9.17) is 4.74 Å². The van der Waals surface area contributed by atoms with Crippen molar-refractivity contribution in [2.45, 2.75) is 52.1 Å². The van der Waals surface area contributed by atoms with Crippen LogP contribution in [-0.4, -0.2) is 19.1 Å². The lowest BCUT2D eigenvalue weighted by Gasteiger charge is -2.35. The molecule has 0 bridgehead atoms. The number of hydrogen-bond acceptors (Lipinski definition) is 3. The van der Waals surface area contributed by atoms with E-state index in [9.17, 15) is 4.79 Å². The molecule has 1 aromatic rings. The van der Waals surface area contributed by atoms with Crippen LogP contribution in [0.2, 0.25) is 0 Å². The highest BCUT2D eigenvalue weighted by Crippen LogP contribution is 2.29. The molecule has 0 amide bonds. The topological polar surface area (TPSA) is 38.3 Å². The molecule has 0 aliphatic heterocycles. The minimum atomic E-state index is -0.179. The average molecular weight is 289 g/mol. The molecule has 3 heteroatoms. The van der Waals surface area contributed by atoms with Crippen molar-refractivity contribution in [1.29, 1.82) is 0 Å². The van der Waals surface area contributed by atoms with Gasteiger partial charge in [0.2, 0.25) is 0 Å². The zero-order valence-corrected chi connectivity index (χ0v) is 13.4. The van der Waals surface area contributed by atoms with Gasteiger partial charge in [0.1, 0.15) is 0 Å². The first-order valence-corrected chi connectivity index (χ1v) is 7.98. The molecule has 1 N–H and O–H groups in total. The maximum Gasteiger partial charge on any atom is 0.309 e. The van der Waals surface area contributed by atoms with Gasteiger partial charge in [0.15, 0.2) is 0 Å². The summed E-state index contributed by atoms with van der Waals surface area (Å²) in [7, 11) is 1.44. The van der Waals surface area contributed by atoms with Gasteiger partial charge in [-0.3, -0.25) is 4.79 Å². The van der Waals surface area contributed by atoms with E-state index in [0.29, 0.717) is 18.4 Å².